The molecule has 0 saturated carbocycles. The molecule has 1 aliphatic heterocycles. The van der Waals surface area contributed by atoms with Crippen LogP contribution in [0.15, 0.2) is 24.3 Å². The molecule has 2 amide bonds. The monoisotopic (exact) mass is 288 g/mol. The van der Waals surface area contributed by atoms with Crippen LogP contribution in [0, 0.1) is 0 Å². The molecule has 0 bridgehead atoms. The molecule has 4 heteroatoms. The van der Waals surface area contributed by atoms with E-state index in [9.17, 15) is 9.59 Å². The van der Waals surface area contributed by atoms with E-state index in [0.29, 0.717) is 18.8 Å². The summed E-state index contributed by atoms with van der Waals surface area (Å²) in [6, 6.07) is 7.05. The summed E-state index contributed by atoms with van der Waals surface area (Å²) in [5.41, 5.74) is 1.98. The average Bonchev–Trinajstić information content (AvgIpc) is 2.48. The molecule has 1 aliphatic rings. The zero-order valence-corrected chi connectivity index (χ0v) is 13.2. The summed E-state index contributed by atoms with van der Waals surface area (Å²) >= 11 is 0. The highest BCUT2D eigenvalue weighted by atomic mass is 16.2. The Morgan fingerprint density at radius 2 is 1.81 bits per heavy atom. The molecular weight excluding hydrogens is 264 g/mol. The smallest absolute Gasteiger partial charge is 0.250 e. The van der Waals surface area contributed by atoms with Crippen LogP contribution in [0.1, 0.15) is 52.0 Å². The number of nitrogens with one attached hydrogen (secondary N) is 1. The van der Waals surface area contributed by atoms with Crippen LogP contribution < -0.4 is 10.2 Å². The Balaban J connectivity index is 2.51. The number of amides is 2. The predicted octanol–water partition coefficient (Wildman–Crippen LogP) is 2.83. The molecule has 2 unspecified atom stereocenters. The maximum absolute atomic E-state index is 12.8. The van der Waals surface area contributed by atoms with E-state index in [1.807, 2.05) is 38.1 Å². The second-order valence-corrected chi connectivity index (χ2v) is 5.82. The number of carbonyl (C=O) groups excluding carboxylic acids is 2. The minimum atomic E-state index is -0.416. The fourth-order valence-corrected chi connectivity index (χ4v) is 2.89. The van der Waals surface area contributed by atoms with E-state index in [4.69, 9.17) is 0 Å². The van der Waals surface area contributed by atoms with E-state index < -0.39 is 12.1 Å². The standard InChI is InChI=1S/C17H24N2O2/c1-5-13-17(21)19(14(6-2)16(20)18-13)15-10-8-7-9-12(15)11(3)4/h7-11,13-14H,5-6H2,1-4H3,(H,18,20). The third-order valence-corrected chi connectivity index (χ3v) is 4.08. The molecule has 0 spiro atoms. The van der Waals surface area contributed by atoms with Crippen molar-refractivity contribution in [1.82, 2.24) is 5.32 Å². The molecule has 0 aliphatic carbocycles. The van der Waals surface area contributed by atoms with Crippen LogP contribution in [0.5, 0.6) is 0 Å². The maximum Gasteiger partial charge on any atom is 0.250 e. The van der Waals surface area contributed by atoms with Crippen molar-refractivity contribution in [3.63, 3.8) is 0 Å². The largest absolute Gasteiger partial charge is 0.342 e. The van der Waals surface area contributed by atoms with Crippen LogP contribution in [-0.4, -0.2) is 23.9 Å². The van der Waals surface area contributed by atoms with Crippen LogP contribution in [0.2, 0.25) is 0 Å². The number of nitrogens with zero attached hydrogens (tertiary/aromatic N) is 1. The van der Waals surface area contributed by atoms with Crippen LogP contribution in [-0.2, 0) is 9.59 Å². The van der Waals surface area contributed by atoms with Gasteiger partial charge in [0.2, 0.25) is 11.8 Å². The maximum atomic E-state index is 12.8. The summed E-state index contributed by atoms with van der Waals surface area (Å²) in [4.78, 5) is 26.8. The van der Waals surface area contributed by atoms with E-state index in [1.54, 1.807) is 4.90 Å². The normalized spacial score (nSPS) is 22.6. The molecule has 2 atom stereocenters. The second kappa shape index (κ2) is 6.29. The first-order valence-corrected chi connectivity index (χ1v) is 7.73. The summed E-state index contributed by atoms with van der Waals surface area (Å²) < 4.78 is 0. The van der Waals surface area contributed by atoms with Gasteiger partial charge in [0.1, 0.15) is 12.1 Å². The summed E-state index contributed by atoms with van der Waals surface area (Å²) in [7, 11) is 0. The first-order valence-electron chi connectivity index (χ1n) is 7.73. The number of carbonyl (C=O) groups is 2. The molecule has 21 heavy (non-hydrogen) atoms. The third kappa shape index (κ3) is 2.80. The molecular formula is C17H24N2O2. The van der Waals surface area contributed by atoms with Gasteiger partial charge in [-0.25, -0.2) is 0 Å². The molecule has 1 aromatic rings. The topological polar surface area (TPSA) is 49.4 Å². The van der Waals surface area contributed by atoms with Gasteiger partial charge in [0.25, 0.3) is 0 Å². The molecule has 1 saturated heterocycles. The van der Waals surface area contributed by atoms with Crippen molar-refractivity contribution < 1.29 is 9.59 Å². The van der Waals surface area contributed by atoms with Crippen molar-refractivity contribution in [2.24, 2.45) is 0 Å². The molecule has 4 nitrogen and oxygen atoms in total. The molecule has 1 fully saturated rings. The molecule has 1 aromatic carbocycles. The Morgan fingerprint density at radius 3 is 2.38 bits per heavy atom. The molecule has 114 valence electrons. The van der Waals surface area contributed by atoms with Gasteiger partial charge in [-0.05, 0) is 30.4 Å². The van der Waals surface area contributed by atoms with Crippen LogP contribution in [0.4, 0.5) is 5.69 Å². The zero-order chi connectivity index (χ0) is 15.6. The lowest BCUT2D eigenvalue weighted by molar-refractivity contribution is -0.134. The number of rotatable bonds is 4. The van der Waals surface area contributed by atoms with Crippen LogP contribution >= 0.6 is 0 Å². The minimum absolute atomic E-state index is 0.00273. The van der Waals surface area contributed by atoms with E-state index in [-0.39, 0.29) is 11.8 Å². The first kappa shape index (κ1) is 15.5. The lowest BCUT2D eigenvalue weighted by Gasteiger charge is -2.39. The Morgan fingerprint density at radius 1 is 1.14 bits per heavy atom. The number of anilines is 1. The highest BCUT2D eigenvalue weighted by Gasteiger charge is 2.40. The Labute approximate surface area is 126 Å². The fourth-order valence-electron chi connectivity index (χ4n) is 2.89. The van der Waals surface area contributed by atoms with Gasteiger partial charge in [-0.1, -0.05) is 45.9 Å². The molecule has 0 radical (unpaired) electrons. The summed E-state index contributed by atoms with van der Waals surface area (Å²) in [5, 5.41) is 2.84. The molecule has 2 rings (SSSR count). The van der Waals surface area contributed by atoms with Gasteiger partial charge in [-0.2, -0.15) is 0 Å². The van der Waals surface area contributed by atoms with Gasteiger partial charge in [-0.3, -0.25) is 14.5 Å². The van der Waals surface area contributed by atoms with Crippen molar-refractivity contribution >= 4 is 17.5 Å². The number of piperazine rings is 1. The zero-order valence-electron chi connectivity index (χ0n) is 13.2. The van der Waals surface area contributed by atoms with E-state index >= 15 is 0 Å². The van der Waals surface area contributed by atoms with Crippen molar-refractivity contribution in [3.8, 4) is 0 Å². The molecule has 0 aromatic heterocycles. The van der Waals surface area contributed by atoms with Gasteiger partial charge in [0.05, 0.1) is 0 Å². The quantitative estimate of drug-likeness (QED) is 0.926. The predicted molar refractivity (Wildman–Crippen MR) is 84.3 cm³/mol. The Hall–Kier alpha value is -1.84. The lowest BCUT2D eigenvalue weighted by Crippen LogP contribution is -2.63. The molecule has 1 heterocycles. The number of hydrogen-bond donors (Lipinski definition) is 1. The van der Waals surface area contributed by atoms with Crippen molar-refractivity contribution in [1.29, 1.82) is 0 Å². The summed E-state index contributed by atoms with van der Waals surface area (Å²) in [6.07, 6.45) is 1.22. The lowest BCUT2D eigenvalue weighted by atomic mass is 9.96. The van der Waals surface area contributed by atoms with Gasteiger partial charge >= 0.3 is 0 Å². The Bertz CT molecular complexity index is 539. The summed E-state index contributed by atoms with van der Waals surface area (Å²) in [6.45, 7) is 8.06. The number of para-hydroxylation sites is 1. The minimum Gasteiger partial charge on any atom is -0.342 e. The van der Waals surface area contributed by atoms with Crippen molar-refractivity contribution in [2.45, 2.75) is 58.5 Å². The average molecular weight is 288 g/mol. The van der Waals surface area contributed by atoms with Crippen molar-refractivity contribution in [3.05, 3.63) is 29.8 Å². The van der Waals surface area contributed by atoms with E-state index in [2.05, 4.69) is 19.2 Å². The van der Waals surface area contributed by atoms with E-state index in [1.165, 1.54) is 0 Å². The van der Waals surface area contributed by atoms with Crippen LogP contribution in [0.25, 0.3) is 0 Å². The van der Waals surface area contributed by atoms with Crippen molar-refractivity contribution in [2.75, 3.05) is 4.90 Å². The number of hydrogen-bond acceptors (Lipinski definition) is 2. The van der Waals surface area contributed by atoms with E-state index in [0.717, 1.165) is 11.3 Å². The highest BCUT2D eigenvalue weighted by Crippen LogP contribution is 2.31. The third-order valence-electron chi connectivity index (χ3n) is 4.08. The van der Waals surface area contributed by atoms with Gasteiger partial charge in [-0.15, -0.1) is 0 Å². The molecule has 1 N–H and O–H groups in total. The highest BCUT2D eigenvalue weighted by molar-refractivity contribution is 6.08. The van der Waals surface area contributed by atoms with Gasteiger partial charge < -0.3 is 5.32 Å². The van der Waals surface area contributed by atoms with Gasteiger partial charge in [0, 0.05) is 5.69 Å². The number of benzene rings is 1. The first-order chi connectivity index (χ1) is 10.0. The fraction of sp³-hybridized carbons (Fsp3) is 0.529. The SMILES string of the molecule is CCC1NC(=O)C(CC)N(c2ccccc2C(C)C)C1=O. The van der Waals surface area contributed by atoms with Gasteiger partial charge in [0.15, 0.2) is 0 Å². The van der Waals surface area contributed by atoms with Crippen LogP contribution in [0.3, 0.4) is 0 Å². The second-order valence-electron chi connectivity index (χ2n) is 5.82. The Kier molecular flexibility index (Phi) is 4.66. The summed E-state index contributed by atoms with van der Waals surface area (Å²) in [5.74, 6) is 0.246.